The van der Waals surface area contributed by atoms with Crippen molar-refractivity contribution in [3.8, 4) is 0 Å². The monoisotopic (exact) mass is 268 g/mol. The van der Waals surface area contributed by atoms with E-state index in [4.69, 9.17) is 0 Å². The van der Waals surface area contributed by atoms with Gasteiger partial charge in [0.05, 0.1) is 0 Å². The van der Waals surface area contributed by atoms with Crippen molar-refractivity contribution in [3.63, 3.8) is 0 Å². The van der Waals surface area contributed by atoms with E-state index in [-0.39, 0.29) is 5.92 Å². The minimum atomic E-state index is 0.239. The van der Waals surface area contributed by atoms with E-state index in [0.29, 0.717) is 0 Å². The fraction of sp³-hybridized carbons (Fsp3) is 0.944. The van der Waals surface area contributed by atoms with Crippen molar-refractivity contribution in [2.24, 2.45) is 23.7 Å². The van der Waals surface area contributed by atoms with Gasteiger partial charge in [0.2, 0.25) is 0 Å². The zero-order valence-corrected chi connectivity index (χ0v) is 14.0. The van der Waals surface area contributed by atoms with E-state index in [1.165, 1.54) is 44.9 Å². The maximum Gasteiger partial charge on any atom is 0.122 e. The fourth-order valence-corrected chi connectivity index (χ4v) is 2.60. The molecule has 114 valence electrons. The van der Waals surface area contributed by atoms with E-state index in [2.05, 4.69) is 27.7 Å². The van der Waals surface area contributed by atoms with Crippen LogP contribution in [0.3, 0.4) is 0 Å². The van der Waals surface area contributed by atoms with Crippen molar-refractivity contribution in [2.45, 2.75) is 86.0 Å². The Morgan fingerprint density at radius 2 is 1.37 bits per heavy atom. The van der Waals surface area contributed by atoms with Gasteiger partial charge in [-0.1, -0.05) is 73.1 Å². The maximum atomic E-state index is 10.6. The summed E-state index contributed by atoms with van der Waals surface area (Å²) in [6.45, 7) is 11.4. The van der Waals surface area contributed by atoms with Crippen molar-refractivity contribution < 1.29 is 4.79 Å². The Labute approximate surface area is 121 Å². The van der Waals surface area contributed by atoms with Gasteiger partial charge in [-0.15, -0.1) is 0 Å². The van der Waals surface area contributed by atoms with Gasteiger partial charge in [-0.25, -0.2) is 0 Å². The lowest BCUT2D eigenvalue weighted by Crippen LogP contribution is -2.11. The van der Waals surface area contributed by atoms with Crippen LogP contribution in [0, 0.1) is 23.7 Å². The molecule has 1 nitrogen and oxygen atoms in total. The van der Waals surface area contributed by atoms with Gasteiger partial charge in [0, 0.05) is 5.92 Å². The van der Waals surface area contributed by atoms with Crippen LogP contribution in [0.25, 0.3) is 0 Å². The third-order valence-corrected chi connectivity index (χ3v) is 4.70. The van der Waals surface area contributed by atoms with Gasteiger partial charge >= 0.3 is 0 Å². The Kier molecular flexibility index (Phi) is 11.3. The molecule has 0 fully saturated rings. The molecule has 0 radical (unpaired) electrons. The van der Waals surface area contributed by atoms with Crippen LogP contribution >= 0.6 is 0 Å². The van der Waals surface area contributed by atoms with Crippen LogP contribution in [0.5, 0.6) is 0 Å². The third kappa shape index (κ3) is 10.2. The van der Waals surface area contributed by atoms with Crippen LogP contribution in [-0.4, -0.2) is 6.29 Å². The molecule has 0 bridgehead atoms. The second kappa shape index (κ2) is 11.5. The first-order chi connectivity index (χ1) is 9.01. The highest BCUT2D eigenvalue weighted by Crippen LogP contribution is 2.26. The summed E-state index contributed by atoms with van der Waals surface area (Å²) in [5, 5.41) is 0. The van der Waals surface area contributed by atoms with Crippen molar-refractivity contribution >= 4 is 6.29 Å². The number of rotatable bonds is 12. The van der Waals surface area contributed by atoms with E-state index in [9.17, 15) is 4.79 Å². The summed E-state index contributed by atoms with van der Waals surface area (Å²) in [5.74, 6) is 2.68. The fourth-order valence-electron chi connectivity index (χ4n) is 2.60. The standard InChI is InChI=1S/C18H36O/c1-6-7-8-9-15(2)10-12-17(4)18(5)13-11-16(3)14-19/h14-18H,6-13H2,1-5H3. The summed E-state index contributed by atoms with van der Waals surface area (Å²) in [5.41, 5.74) is 0. The molecule has 0 heterocycles. The van der Waals surface area contributed by atoms with Crippen LogP contribution < -0.4 is 0 Å². The van der Waals surface area contributed by atoms with Gasteiger partial charge in [0.1, 0.15) is 6.29 Å². The van der Waals surface area contributed by atoms with Gasteiger partial charge in [0.25, 0.3) is 0 Å². The lowest BCUT2D eigenvalue weighted by atomic mass is 9.84. The molecule has 0 saturated carbocycles. The van der Waals surface area contributed by atoms with E-state index >= 15 is 0 Å². The molecule has 0 aliphatic rings. The Balaban J connectivity index is 3.70. The summed E-state index contributed by atoms with van der Waals surface area (Å²) < 4.78 is 0. The molecule has 0 N–H and O–H groups in total. The molecule has 0 aliphatic heterocycles. The van der Waals surface area contributed by atoms with Gasteiger partial charge in [0.15, 0.2) is 0 Å². The molecule has 0 aromatic carbocycles. The van der Waals surface area contributed by atoms with Gasteiger partial charge in [-0.2, -0.15) is 0 Å². The Bertz CT molecular complexity index is 212. The Morgan fingerprint density at radius 3 is 1.89 bits per heavy atom. The van der Waals surface area contributed by atoms with Crippen LogP contribution in [0.1, 0.15) is 86.0 Å². The molecule has 4 atom stereocenters. The van der Waals surface area contributed by atoms with Crippen molar-refractivity contribution in [3.05, 3.63) is 0 Å². The number of carbonyl (C=O) groups excluding carboxylic acids is 1. The molecule has 1 heteroatoms. The quantitative estimate of drug-likeness (QED) is 0.319. The number of hydrogen-bond acceptors (Lipinski definition) is 1. The smallest absolute Gasteiger partial charge is 0.122 e. The number of hydrogen-bond donors (Lipinski definition) is 0. The van der Waals surface area contributed by atoms with Crippen LogP contribution in [-0.2, 0) is 4.79 Å². The first-order valence-corrected chi connectivity index (χ1v) is 8.46. The second-order valence-corrected chi connectivity index (χ2v) is 6.82. The first-order valence-electron chi connectivity index (χ1n) is 8.46. The van der Waals surface area contributed by atoms with E-state index in [0.717, 1.165) is 30.5 Å². The topological polar surface area (TPSA) is 17.1 Å². The van der Waals surface area contributed by atoms with E-state index < -0.39 is 0 Å². The lowest BCUT2D eigenvalue weighted by Gasteiger charge is -2.22. The van der Waals surface area contributed by atoms with Crippen molar-refractivity contribution in [1.82, 2.24) is 0 Å². The summed E-state index contributed by atoms with van der Waals surface area (Å²) in [7, 11) is 0. The normalized spacial score (nSPS) is 17.7. The highest BCUT2D eigenvalue weighted by atomic mass is 16.1. The largest absolute Gasteiger partial charge is 0.303 e. The minimum Gasteiger partial charge on any atom is -0.303 e. The molecule has 4 unspecified atom stereocenters. The molecule has 0 rings (SSSR count). The average molecular weight is 268 g/mol. The summed E-state index contributed by atoms with van der Waals surface area (Å²) in [6, 6.07) is 0. The zero-order valence-electron chi connectivity index (χ0n) is 14.0. The SMILES string of the molecule is CCCCCC(C)CCC(C)C(C)CCC(C)C=O. The maximum absolute atomic E-state index is 10.6. The molecule has 0 amide bonds. The number of unbranched alkanes of at least 4 members (excludes halogenated alkanes) is 2. The third-order valence-electron chi connectivity index (χ3n) is 4.70. The summed E-state index contributed by atoms with van der Waals surface area (Å²) in [4.78, 5) is 10.6. The Morgan fingerprint density at radius 1 is 0.789 bits per heavy atom. The second-order valence-electron chi connectivity index (χ2n) is 6.82. The van der Waals surface area contributed by atoms with Crippen LogP contribution in [0.4, 0.5) is 0 Å². The van der Waals surface area contributed by atoms with Gasteiger partial charge in [-0.3, -0.25) is 0 Å². The molecule has 0 aromatic heterocycles. The highest BCUT2D eigenvalue weighted by Gasteiger charge is 2.14. The lowest BCUT2D eigenvalue weighted by molar-refractivity contribution is -0.110. The minimum absolute atomic E-state index is 0.239. The van der Waals surface area contributed by atoms with Crippen LogP contribution in [0.2, 0.25) is 0 Å². The van der Waals surface area contributed by atoms with Crippen LogP contribution in [0.15, 0.2) is 0 Å². The average Bonchev–Trinajstić information content (AvgIpc) is 2.41. The number of carbonyl (C=O) groups is 1. The molecular weight excluding hydrogens is 232 g/mol. The summed E-state index contributed by atoms with van der Waals surface area (Å²) in [6.07, 6.45) is 11.6. The molecule has 0 saturated heterocycles. The highest BCUT2D eigenvalue weighted by molar-refractivity contribution is 5.52. The zero-order chi connectivity index (χ0) is 14.7. The molecule has 19 heavy (non-hydrogen) atoms. The van der Waals surface area contributed by atoms with Crippen molar-refractivity contribution in [2.75, 3.05) is 0 Å². The van der Waals surface area contributed by atoms with Gasteiger partial charge < -0.3 is 4.79 Å². The molecular formula is C18H36O. The molecule has 0 aromatic rings. The number of aldehydes is 1. The predicted molar refractivity (Wildman–Crippen MR) is 85.3 cm³/mol. The molecule has 0 spiro atoms. The van der Waals surface area contributed by atoms with E-state index in [1.807, 2.05) is 6.92 Å². The summed E-state index contributed by atoms with van der Waals surface area (Å²) >= 11 is 0. The van der Waals surface area contributed by atoms with E-state index in [1.54, 1.807) is 0 Å². The molecule has 0 aliphatic carbocycles. The van der Waals surface area contributed by atoms with Gasteiger partial charge in [-0.05, 0) is 30.6 Å². The first kappa shape index (κ1) is 18.7. The Hall–Kier alpha value is -0.330. The van der Waals surface area contributed by atoms with Crippen molar-refractivity contribution in [1.29, 1.82) is 0 Å². The predicted octanol–water partition coefficient (Wildman–Crippen LogP) is 5.87.